The fraction of sp³-hybridized carbons (Fsp3) is 0.444. The highest BCUT2D eigenvalue weighted by Crippen LogP contribution is 2.00. The standard InChI is InChI=1S/C9H14N4O4/c1-9(17,7(14)15)5-13-8(16)12-4-6-10-2-3-11-6/h2-3,17H,4-5H2,1H3,(H,10,11)(H,14,15)(H2,12,13,16). The highest BCUT2D eigenvalue weighted by atomic mass is 16.4. The molecule has 1 rings (SSSR count). The lowest BCUT2D eigenvalue weighted by molar-refractivity contribution is -0.155. The number of hydrogen-bond acceptors (Lipinski definition) is 4. The first-order chi connectivity index (χ1) is 7.92. The summed E-state index contributed by atoms with van der Waals surface area (Å²) in [5.41, 5.74) is -1.98. The Morgan fingerprint density at radius 1 is 1.53 bits per heavy atom. The van der Waals surface area contributed by atoms with Crippen molar-refractivity contribution in [2.24, 2.45) is 0 Å². The Balaban J connectivity index is 2.28. The van der Waals surface area contributed by atoms with E-state index in [-0.39, 0.29) is 13.1 Å². The molecule has 1 aromatic rings. The molecule has 1 unspecified atom stereocenters. The van der Waals surface area contributed by atoms with Gasteiger partial charge < -0.3 is 25.8 Å². The van der Waals surface area contributed by atoms with Gasteiger partial charge in [-0.25, -0.2) is 14.6 Å². The second kappa shape index (κ2) is 5.30. The zero-order valence-corrected chi connectivity index (χ0v) is 9.23. The second-order valence-corrected chi connectivity index (χ2v) is 3.65. The monoisotopic (exact) mass is 242 g/mol. The number of aliphatic hydroxyl groups is 1. The van der Waals surface area contributed by atoms with Gasteiger partial charge in [0.2, 0.25) is 0 Å². The number of urea groups is 1. The molecule has 1 aromatic heterocycles. The highest BCUT2D eigenvalue weighted by molar-refractivity contribution is 5.79. The van der Waals surface area contributed by atoms with E-state index in [1.54, 1.807) is 12.4 Å². The number of nitrogens with zero attached hydrogens (tertiary/aromatic N) is 1. The van der Waals surface area contributed by atoms with Gasteiger partial charge in [-0.1, -0.05) is 0 Å². The summed E-state index contributed by atoms with van der Waals surface area (Å²) in [6.07, 6.45) is 3.16. The third kappa shape index (κ3) is 4.11. The predicted octanol–water partition coefficient (Wildman–Crippen LogP) is -0.955. The topological polar surface area (TPSA) is 127 Å². The maximum absolute atomic E-state index is 11.2. The Morgan fingerprint density at radius 2 is 2.24 bits per heavy atom. The number of H-pyrrole nitrogens is 1. The molecule has 1 heterocycles. The number of aromatic nitrogens is 2. The third-order valence-corrected chi connectivity index (χ3v) is 2.03. The van der Waals surface area contributed by atoms with Crippen molar-refractivity contribution in [2.75, 3.05) is 6.54 Å². The van der Waals surface area contributed by atoms with E-state index in [1.807, 2.05) is 0 Å². The summed E-state index contributed by atoms with van der Waals surface area (Å²) in [6.45, 7) is 0.905. The lowest BCUT2D eigenvalue weighted by atomic mass is 10.1. The Morgan fingerprint density at radius 3 is 2.76 bits per heavy atom. The number of nitrogens with one attached hydrogen (secondary N) is 3. The molecular formula is C9H14N4O4. The Kier molecular flexibility index (Phi) is 4.05. The molecule has 0 saturated heterocycles. The summed E-state index contributed by atoms with van der Waals surface area (Å²) in [4.78, 5) is 28.5. The first-order valence-electron chi connectivity index (χ1n) is 4.87. The quantitative estimate of drug-likeness (QED) is 0.454. The predicted molar refractivity (Wildman–Crippen MR) is 57.1 cm³/mol. The normalized spacial score (nSPS) is 13.8. The number of imidazole rings is 1. The number of rotatable bonds is 5. The number of aromatic amines is 1. The molecule has 94 valence electrons. The second-order valence-electron chi connectivity index (χ2n) is 3.65. The van der Waals surface area contributed by atoms with Crippen LogP contribution in [-0.2, 0) is 11.3 Å². The molecule has 0 saturated carbocycles. The van der Waals surface area contributed by atoms with Crippen LogP contribution in [-0.4, -0.2) is 44.3 Å². The Bertz CT molecular complexity index is 388. The summed E-state index contributed by atoms with van der Waals surface area (Å²) in [5, 5.41) is 22.6. The van der Waals surface area contributed by atoms with Gasteiger partial charge >= 0.3 is 12.0 Å². The van der Waals surface area contributed by atoms with E-state index >= 15 is 0 Å². The number of amides is 2. The lowest BCUT2D eigenvalue weighted by Crippen LogP contribution is -2.49. The zero-order chi connectivity index (χ0) is 12.9. The molecule has 0 spiro atoms. The molecule has 0 radical (unpaired) electrons. The van der Waals surface area contributed by atoms with Gasteiger partial charge in [-0.2, -0.15) is 0 Å². The van der Waals surface area contributed by atoms with Gasteiger partial charge in [0.05, 0.1) is 13.1 Å². The SMILES string of the molecule is CC(O)(CNC(=O)NCc1ncc[nH]1)C(=O)O. The summed E-state index contributed by atoms with van der Waals surface area (Å²) < 4.78 is 0. The van der Waals surface area contributed by atoms with E-state index in [2.05, 4.69) is 20.6 Å². The van der Waals surface area contributed by atoms with Crippen molar-refractivity contribution in [1.29, 1.82) is 0 Å². The fourth-order valence-corrected chi connectivity index (χ4v) is 0.949. The molecule has 17 heavy (non-hydrogen) atoms. The summed E-state index contributed by atoms with van der Waals surface area (Å²) in [5.74, 6) is -0.825. The van der Waals surface area contributed by atoms with Crippen molar-refractivity contribution < 1.29 is 19.8 Å². The van der Waals surface area contributed by atoms with Crippen molar-refractivity contribution in [3.63, 3.8) is 0 Å². The zero-order valence-electron chi connectivity index (χ0n) is 9.23. The van der Waals surface area contributed by atoms with Crippen molar-refractivity contribution in [3.05, 3.63) is 18.2 Å². The van der Waals surface area contributed by atoms with Crippen molar-refractivity contribution in [1.82, 2.24) is 20.6 Å². The van der Waals surface area contributed by atoms with Crippen LogP contribution in [0.4, 0.5) is 4.79 Å². The van der Waals surface area contributed by atoms with Gasteiger partial charge in [0, 0.05) is 12.4 Å². The van der Waals surface area contributed by atoms with Gasteiger partial charge in [0.25, 0.3) is 0 Å². The number of carbonyl (C=O) groups excluding carboxylic acids is 1. The number of carbonyl (C=O) groups is 2. The van der Waals surface area contributed by atoms with E-state index in [9.17, 15) is 14.7 Å². The van der Waals surface area contributed by atoms with Crippen molar-refractivity contribution in [3.8, 4) is 0 Å². The van der Waals surface area contributed by atoms with Crippen LogP contribution in [0.3, 0.4) is 0 Å². The van der Waals surface area contributed by atoms with Gasteiger partial charge in [-0.3, -0.25) is 0 Å². The first-order valence-corrected chi connectivity index (χ1v) is 4.87. The third-order valence-electron chi connectivity index (χ3n) is 2.03. The van der Waals surface area contributed by atoms with Crippen LogP contribution in [0.5, 0.6) is 0 Å². The van der Waals surface area contributed by atoms with Gasteiger partial charge in [0.1, 0.15) is 5.82 Å². The molecule has 2 amide bonds. The number of hydrogen-bond donors (Lipinski definition) is 5. The molecule has 0 aliphatic heterocycles. The van der Waals surface area contributed by atoms with Gasteiger partial charge in [0.15, 0.2) is 5.60 Å². The van der Waals surface area contributed by atoms with Crippen LogP contribution < -0.4 is 10.6 Å². The molecule has 0 aromatic carbocycles. The van der Waals surface area contributed by atoms with E-state index in [4.69, 9.17) is 5.11 Å². The van der Waals surface area contributed by atoms with E-state index in [1.165, 1.54) is 0 Å². The van der Waals surface area contributed by atoms with Crippen LogP contribution in [0, 0.1) is 0 Å². The Labute approximate surface area is 97.1 Å². The molecule has 1 atom stereocenters. The maximum Gasteiger partial charge on any atom is 0.337 e. The van der Waals surface area contributed by atoms with Crippen LogP contribution in [0.15, 0.2) is 12.4 Å². The molecule has 0 aliphatic rings. The van der Waals surface area contributed by atoms with E-state index < -0.39 is 17.6 Å². The average Bonchev–Trinajstić information content (AvgIpc) is 2.76. The molecule has 8 nitrogen and oxygen atoms in total. The van der Waals surface area contributed by atoms with E-state index in [0.717, 1.165) is 6.92 Å². The first kappa shape index (κ1) is 13.0. The fourth-order valence-electron chi connectivity index (χ4n) is 0.949. The lowest BCUT2D eigenvalue weighted by Gasteiger charge is -2.18. The summed E-state index contributed by atoms with van der Waals surface area (Å²) >= 11 is 0. The van der Waals surface area contributed by atoms with Gasteiger partial charge in [-0.15, -0.1) is 0 Å². The minimum absolute atomic E-state index is 0.189. The molecule has 8 heteroatoms. The summed E-state index contributed by atoms with van der Waals surface area (Å²) in [6, 6.07) is -0.581. The number of carboxylic acids is 1. The van der Waals surface area contributed by atoms with Crippen LogP contribution >= 0.6 is 0 Å². The molecular weight excluding hydrogens is 228 g/mol. The minimum atomic E-state index is -1.98. The highest BCUT2D eigenvalue weighted by Gasteiger charge is 2.30. The molecule has 0 fully saturated rings. The van der Waals surface area contributed by atoms with E-state index in [0.29, 0.717) is 5.82 Å². The number of carboxylic acid groups (broad SMARTS) is 1. The maximum atomic E-state index is 11.2. The molecule has 0 aliphatic carbocycles. The average molecular weight is 242 g/mol. The molecule has 5 N–H and O–H groups in total. The molecule has 0 bridgehead atoms. The smallest absolute Gasteiger partial charge is 0.337 e. The minimum Gasteiger partial charge on any atom is -0.479 e. The van der Waals surface area contributed by atoms with Gasteiger partial charge in [-0.05, 0) is 6.92 Å². The Hall–Kier alpha value is -2.09. The van der Waals surface area contributed by atoms with Crippen molar-refractivity contribution >= 4 is 12.0 Å². The van der Waals surface area contributed by atoms with Crippen LogP contribution in [0.1, 0.15) is 12.7 Å². The number of aliphatic carboxylic acids is 1. The van der Waals surface area contributed by atoms with Crippen molar-refractivity contribution in [2.45, 2.75) is 19.1 Å². The summed E-state index contributed by atoms with van der Waals surface area (Å²) in [7, 11) is 0. The van der Waals surface area contributed by atoms with Crippen LogP contribution in [0.25, 0.3) is 0 Å². The largest absolute Gasteiger partial charge is 0.479 e. The van der Waals surface area contributed by atoms with Crippen LogP contribution in [0.2, 0.25) is 0 Å².